The molecule has 3 heteroatoms. The van der Waals surface area contributed by atoms with Crippen molar-refractivity contribution in [3.8, 4) is 0 Å². The summed E-state index contributed by atoms with van der Waals surface area (Å²) in [4.78, 5) is 10.9. The largest absolute Gasteiger partial charge is 0.481 e. The van der Waals surface area contributed by atoms with Gasteiger partial charge in [0.2, 0.25) is 0 Å². The highest BCUT2D eigenvalue weighted by molar-refractivity contribution is 9.10. The van der Waals surface area contributed by atoms with Gasteiger partial charge in [-0.2, -0.15) is 0 Å². The van der Waals surface area contributed by atoms with Crippen molar-refractivity contribution in [3.05, 3.63) is 33.8 Å². The molecule has 1 N–H and O–H groups in total. The van der Waals surface area contributed by atoms with Gasteiger partial charge in [0.1, 0.15) is 0 Å². The fourth-order valence-electron chi connectivity index (χ4n) is 1.83. The van der Waals surface area contributed by atoms with Gasteiger partial charge in [0, 0.05) is 4.47 Å². The Morgan fingerprint density at radius 3 is 3.00 bits per heavy atom. The predicted molar refractivity (Wildman–Crippen MR) is 52.8 cm³/mol. The summed E-state index contributed by atoms with van der Waals surface area (Å²) in [6, 6.07) is 5.88. The lowest BCUT2D eigenvalue weighted by molar-refractivity contribution is -0.138. The third-order valence-corrected chi connectivity index (χ3v) is 2.98. The molecule has 1 aromatic carbocycles. The Hall–Kier alpha value is -0.830. The van der Waals surface area contributed by atoms with Crippen LogP contribution in [0.3, 0.4) is 0 Å². The van der Waals surface area contributed by atoms with Gasteiger partial charge in [-0.1, -0.05) is 22.0 Å². The lowest BCUT2D eigenvalue weighted by atomic mass is 10.0. The van der Waals surface area contributed by atoms with Crippen molar-refractivity contribution in [1.29, 1.82) is 0 Å². The van der Waals surface area contributed by atoms with E-state index in [1.54, 1.807) is 0 Å². The smallest absolute Gasteiger partial charge is 0.310 e. The van der Waals surface area contributed by atoms with Crippen LogP contribution >= 0.6 is 15.9 Å². The second-order valence-electron chi connectivity index (χ2n) is 3.27. The van der Waals surface area contributed by atoms with Crippen LogP contribution in [0.4, 0.5) is 0 Å². The number of hydrogen-bond donors (Lipinski definition) is 1. The van der Waals surface area contributed by atoms with Crippen molar-refractivity contribution in [3.63, 3.8) is 0 Å². The van der Waals surface area contributed by atoms with Crippen LogP contribution in [0.1, 0.15) is 23.5 Å². The monoisotopic (exact) mass is 240 g/mol. The standard InChI is InChI=1S/C10H9BrO2/c11-7-3-1-6-2-4-8(10(12)13)9(6)5-7/h1,3,5,8H,2,4H2,(H,12,13)/t8-/m0/s1. The summed E-state index contributed by atoms with van der Waals surface area (Å²) in [5.41, 5.74) is 2.15. The summed E-state index contributed by atoms with van der Waals surface area (Å²) < 4.78 is 0.958. The van der Waals surface area contributed by atoms with Crippen molar-refractivity contribution < 1.29 is 9.90 Å². The van der Waals surface area contributed by atoms with Crippen LogP contribution in [-0.4, -0.2) is 11.1 Å². The molecule has 1 atom stereocenters. The Balaban J connectivity index is 2.46. The molecule has 0 saturated heterocycles. The molecule has 0 aromatic heterocycles. The number of halogens is 1. The van der Waals surface area contributed by atoms with Crippen LogP contribution in [0.25, 0.3) is 0 Å². The Morgan fingerprint density at radius 2 is 2.31 bits per heavy atom. The van der Waals surface area contributed by atoms with E-state index in [-0.39, 0.29) is 5.92 Å². The maximum Gasteiger partial charge on any atom is 0.310 e. The van der Waals surface area contributed by atoms with E-state index in [0.717, 1.165) is 22.9 Å². The fourth-order valence-corrected chi connectivity index (χ4v) is 2.21. The molecule has 0 spiro atoms. The molecule has 0 saturated carbocycles. The molecule has 2 rings (SSSR count). The molecule has 68 valence electrons. The van der Waals surface area contributed by atoms with Crippen LogP contribution in [0.15, 0.2) is 22.7 Å². The number of aryl methyl sites for hydroxylation is 1. The third-order valence-electron chi connectivity index (χ3n) is 2.48. The molecule has 0 unspecified atom stereocenters. The molecule has 0 aliphatic heterocycles. The number of fused-ring (bicyclic) bond motifs is 1. The average molecular weight is 241 g/mol. The van der Waals surface area contributed by atoms with Crippen molar-refractivity contribution >= 4 is 21.9 Å². The Bertz CT molecular complexity index is 360. The van der Waals surface area contributed by atoms with Crippen LogP contribution in [0.2, 0.25) is 0 Å². The van der Waals surface area contributed by atoms with Gasteiger partial charge in [0.25, 0.3) is 0 Å². The van der Waals surface area contributed by atoms with E-state index in [9.17, 15) is 4.79 Å². The average Bonchev–Trinajstić information content (AvgIpc) is 2.46. The van der Waals surface area contributed by atoms with E-state index in [4.69, 9.17) is 5.11 Å². The topological polar surface area (TPSA) is 37.3 Å². The van der Waals surface area contributed by atoms with Gasteiger partial charge in [-0.3, -0.25) is 4.79 Å². The van der Waals surface area contributed by atoms with Crippen molar-refractivity contribution in [2.24, 2.45) is 0 Å². The number of benzene rings is 1. The minimum atomic E-state index is -0.711. The molecule has 0 fully saturated rings. The SMILES string of the molecule is O=C(O)[C@H]1CCc2ccc(Br)cc21. The van der Waals surface area contributed by atoms with Crippen LogP contribution in [0, 0.1) is 0 Å². The van der Waals surface area contributed by atoms with Crippen LogP contribution < -0.4 is 0 Å². The highest BCUT2D eigenvalue weighted by Crippen LogP contribution is 2.34. The molecular formula is C10H9BrO2. The summed E-state index contributed by atoms with van der Waals surface area (Å²) in [5, 5.41) is 8.94. The Labute approximate surface area is 84.7 Å². The highest BCUT2D eigenvalue weighted by Gasteiger charge is 2.27. The quantitative estimate of drug-likeness (QED) is 0.820. The van der Waals surface area contributed by atoms with Gasteiger partial charge in [0.15, 0.2) is 0 Å². The normalized spacial score (nSPS) is 19.9. The molecule has 13 heavy (non-hydrogen) atoms. The lowest BCUT2D eigenvalue weighted by Gasteiger charge is -2.05. The molecule has 2 nitrogen and oxygen atoms in total. The molecule has 0 heterocycles. The predicted octanol–water partition coefficient (Wildman–Crippen LogP) is 2.56. The molecule has 0 amide bonds. The summed E-state index contributed by atoms with van der Waals surface area (Å²) in [6.07, 6.45) is 1.63. The first-order chi connectivity index (χ1) is 6.18. The van der Waals surface area contributed by atoms with Gasteiger partial charge < -0.3 is 5.11 Å². The van der Waals surface area contributed by atoms with Gasteiger partial charge >= 0.3 is 5.97 Å². The molecule has 1 aliphatic rings. The second-order valence-corrected chi connectivity index (χ2v) is 4.19. The first kappa shape index (κ1) is 8.75. The van der Waals surface area contributed by atoms with Crippen molar-refractivity contribution in [2.45, 2.75) is 18.8 Å². The molecular weight excluding hydrogens is 232 g/mol. The van der Waals surface area contributed by atoms with E-state index < -0.39 is 5.97 Å². The first-order valence-electron chi connectivity index (χ1n) is 4.19. The maximum absolute atomic E-state index is 10.9. The highest BCUT2D eigenvalue weighted by atomic mass is 79.9. The summed E-state index contributed by atoms with van der Waals surface area (Å²) in [7, 11) is 0. The zero-order valence-corrected chi connectivity index (χ0v) is 8.54. The van der Waals surface area contributed by atoms with E-state index in [1.165, 1.54) is 5.56 Å². The number of aliphatic carboxylic acids is 1. The molecule has 1 aromatic rings. The first-order valence-corrected chi connectivity index (χ1v) is 4.99. The zero-order valence-electron chi connectivity index (χ0n) is 6.96. The lowest BCUT2D eigenvalue weighted by Crippen LogP contribution is -2.07. The van der Waals surface area contributed by atoms with Gasteiger partial charge in [0.05, 0.1) is 5.92 Å². The van der Waals surface area contributed by atoms with E-state index in [1.807, 2.05) is 18.2 Å². The van der Waals surface area contributed by atoms with Crippen molar-refractivity contribution in [2.75, 3.05) is 0 Å². The Kier molecular flexibility index (Phi) is 2.12. The van der Waals surface area contributed by atoms with Crippen LogP contribution in [0.5, 0.6) is 0 Å². The summed E-state index contributed by atoms with van der Waals surface area (Å²) in [5.74, 6) is -1.01. The minimum absolute atomic E-state index is 0.299. The van der Waals surface area contributed by atoms with Gasteiger partial charge in [-0.05, 0) is 36.1 Å². The number of rotatable bonds is 1. The van der Waals surface area contributed by atoms with Gasteiger partial charge in [-0.15, -0.1) is 0 Å². The van der Waals surface area contributed by atoms with E-state index >= 15 is 0 Å². The van der Waals surface area contributed by atoms with Gasteiger partial charge in [-0.25, -0.2) is 0 Å². The zero-order chi connectivity index (χ0) is 9.42. The molecule has 0 radical (unpaired) electrons. The van der Waals surface area contributed by atoms with Crippen LogP contribution in [-0.2, 0) is 11.2 Å². The van der Waals surface area contributed by atoms with E-state index in [0.29, 0.717) is 0 Å². The maximum atomic E-state index is 10.9. The number of carboxylic acid groups (broad SMARTS) is 1. The summed E-state index contributed by atoms with van der Waals surface area (Å²) in [6.45, 7) is 0. The minimum Gasteiger partial charge on any atom is -0.481 e. The van der Waals surface area contributed by atoms with E-state index in [2.05, 4.69) is 15.9 Å². The third kappa shape index (κ3) is 1.48. The Morgan fingerprint density at radius 1 is 1.54 bits per heavy atom. The number of carbonyl (C=O) groups is 1. The van der Waals surface area contributed by atoms with Crippen molar-refractivity contribution in [1.82, 2.24) is 0 Å². The molecule has 1 aliphatic carbocycles. The number of carboxylic acids is 1. The molecule has 0 bridgehead atoms. The number of hydrogen-bond acceptors (Lipinski definition) is 1. The second kappa shape index (κ2) is 3.14. The summed E-state index contributed by atoms with van der Waals surface area (Å²) >= 11 is 3.35. The fraction of sp³-hybridized carbons (Fsp3) is 0.300.